The van der Waals surface area contributed by atoms with Crippen molar-refractivity contribution in [1.82, 2.24) is 10.3 Å². The quantitative estimate of drug-likeness (QED) is 0.428. The van der Waals surface area contributed by atoms with Crippen molar-refractivity contribution < 1.29 is 13.6 Å². The van der Waals surface area contributed by atoms with Crippen molar-refractivity contribution in [1.29, 1.82) is 0 Å². The Bertz CT molecular complexity index is 915. The Morgan fingerprint density at radius 3 is 2.25 bits per heavy atom. The van der Waals surface area contributed by atoms with Gasteiger partial charge in [0.1, 0.15) is 16.7 Å². The zero-order valence-electron chi connectivity index (χ0n) is 15.2. The van der Waals surface area contributed by atoms with Crippen molar-refractivity contribution in [3.63, 3.8) is 0 Å². The molecule has 144 valence electrons. The van der Waals surface area contributed by atoms with E-state index in [-0.39, 0.29) is 17.5 Å². The van der Waals surface area contributed by atoms with E-state index in [2.05, 4.69) is 10.3 Å². The van der Waals surface area contributed by atoms with E-state index < -0.39 is 0 Å². The van der Waals surface area contributed by atoms with Gasteiger partial charge in [-0.15, -0.1) is 11.8 Å². The van der Waals surface area contributed by atoms with Crippen LogP contribution in [0.15, 0.2) is 71.9 Å². The minimum atomic E-state index is -0.304. The van der Waals surface area contributed by atoms with E-state index >= 15 is 0 Å². The van der Waals surface area contributed by atoms with Gasteiger partial charge in [-0.3, -0.25) is 4.79 Å². The van der Waals surface area contributed by atoms with E-state index in [1.54, 1.807) is 42.6 Å². The van der Waals surface area contributed by atoms with Crippen LogP contribution in [-0.4, -0.2) is 16.6 Å². The summed E-state index contributed by atoms with van der Waals surface area (Å²) in [5.74, 6) is 0.0510. The van der Waals surface area contributed by atoms with Crippen LogP contribution in [0.2, 0.25) is 0 Å². The lowest BCUT2D eigenvalue weighted by atomic mass is 10.1. The van der Waals surface area contributed by atoms with Gasteiger partial charge in [0, 0.05) is 12.7 Å². The maximum absolute atomic E-state index is 13.0. The number of carbonyl (C=O) groups is 1. The molecule has 0 fully saturated rings. The van der Waals surface area contributed by atoms with Gasteiger partial charge < -0.3 is 5.32 Å². The monoisotopic (exact) mass is 398 g/mol. The number of nitrogens with one attached hydrogen (secondary N) is 1. The van der Waals surface area contributed by atoms with Gasteiger partial charge in [0.05, 0.1) is 5.56 Å². The topological polar surface area (TPSA) is 42.0 Å². The Morgan fingerprint density at radius 1 is 0.929 bits per heavy atom. The zero-order chi connectivity index (χ0) is 19.8. The van der Waals surface area contributed by atoms with Crippen molar-refractivity contribution in [3.8, 4) is 0 Å². The first-order valence-corrected chi connectivity index (χ1v) is 9.95. The second-order valence-corrected chi connectivity index (χ2v) is 7.33. The third-order valence-corrected chi connectivity index (χ3v) is 5.24. The highest BCUT2D eigenvalue weighted by molar-refractivity contribution is 7.99. The van der Waals surface area contributed by atoms with Crippen molar-refractivity contribution in [2.24, 2.45) is 0 Å². The molecule has 0 saturated heterocycles. The molecule has 0 aliphatic heterocycles. The van der Waals surface area contributed by atoms with Crippen LogP contribution in [0.3, 0.4) is 0 Å². The Labute approximate surface area is 167 Å². The van der Waals surface area contributed by atoms with Crippen LogP contribution in [0.5, 0.6) is 0 Å². The van der Waals surface area contributed by atoms with Crippen LogP contribution in [-0.2, 0) is 13.0 Å². The maximum atomic E-state index is 13.0. The highest BCUT2D eigenvalue weighted by Gasteiger charge is 2.12. The first kappa shape index (κ1) is 20.0. The number of aryl methyl sites for hydroxylation is 1. The molecule has 1 amide bonds. The number of hydrogen-bond acceptors (Lipinski definition) is 3. The van der Waals surface area contributed by atoms with Crippen molar-refractivity contribution in [2.45, 2.75) is 24.4 Å². The Balaban J connectivity index is 1.52. The summed E-state index contributed by atoms with van der Waals surface area (Å²) in [4.78, 5) is 16.8. The first-order valence-electron chi connectivity index (χ1n) is 8.97. The summed E-state index contributed by atoms with van der Waals surface area (Å²) in [6.45, 7) is 0.322. The van der Waals surface area contributed by atoms with E-state index in [9.17, 15) is 13.6 Å². The lowest BCUT2D eigenvalue weighted by Crippen LogP contribution is -2.23. The fourth-order valence-electron chi connectivity index (χ4n) is 2.65. The van der Waals surface area contributed by atoms with Crippen LogP contribution in [0, 0.1) is 11.6 Å². The van der Waals surface area contributed by atoms with Gasteiger partial charge in [0.2, 0.25) is 0 Å². The normalized spacial score (nSPS) is 10.6. The molecule has 6 heteroatoms. The summed E-state index contributed by atoms with van der Waals surface area (Å²) in [5.41, 5.74) is 2.43. The molecule has 1 aromatic heterocycles. The number of carbonyl (C=O) groups excluding carboxylic acids is 1. The molecule has 1 N–H and O–H groups in total. The molecular formula is C22H20F2N2OS. The van der Waals surface area contributed by atoms with E-state index in [4.69, 9.17) is 0 Å². The van der Waals surface area contributed by atoms with Crippen molar-refractivity contribution >= 4 is 17.7 Å². The lowest BCUT2D eigenvalue weighted by Gasteiger charge is -2.09. The molecule has 3 aromatic rings. The Hall–Kier alpha value is -2.73. The van der Waals surface area contributed by atoms with Crippen LogP contribution < -0.4 is 5.32 Å². The third kappa shape index (κ3) is 5.89. The molecule has 0 bridgehead atoms. The molecule has 0 spiro atoms. The van der Waals surface area contributed by atoms with Crippen LogP contribution >= 0.6 is 11.8 Å². The number of benzene rings is 2. The first-order chi connectivity index (χ1) is 13.6. The number of hydrogen-bond donors (Lipinski definition) is 1. The predicted octanol–water partition coefficient (Wildman–Crippen LogP) is 5.01. The standard InChI is InChI=1S/C22H20F2N2OS/c23-18-9-5-16(6-10-18)3-2-14-28-22-20(4-1-13-25-22)21(27)26-15-17-7-11-19(24)12-8-17/h1,4-13H,2-3,14-15H2,(H,26,27). The average molecular weight is 398 g/mol. The van der Waals surface area contributed by atoms with Gasteiger partial charge in [0.15, 0.2) is 0 Å². The number of rotatable bonds is 8. The second kappa shape index (κ2) is 9.99. The summed E-state index contributed by atoms with van der Waals surface area (Å²) in [7, 11) is 0. The Morgan fingerprint density at radius 2 is 1.57 bits per heavy atom. The third-order valence-electron chi connectivity index (χ3n) is 4.14. The molecule has 28 heavy (non-hydrogen) atoms. The summed E-state index contributed by atoms with van der Waals surface area (Å²) in [6, 6.07) is 16.0. The van der Waals surface area contributed by atoms with E-state index in [0.717, 1.165) is 29.7 Å². The number of nitrogens with zero attached hydrogens (tertiary/aromatic N) is 1. The van der Waals surface area contributed by atoms with Gasteiger partial charge >= 0.3 is 0 Å². The van der Waals surface area contributed by atoms with E-state index in [0.29, 0.717) is 17.1 Å². The van der Waals surface area contributed by atoms with Crippen molar-refractivity contribution in [3.05, 3.63) is 95.2 Å². The summed E-state index contributed by atoms with van der Waals surface area (Å²) >= 11 is 1.53. The molecule has 3 rings (SSSR count). The van der Waals surface area contributed by atoms with Gasteiger partial charge in [-0.25, -0.2) is 13.8 Å². The minimum Gasteiger partial charge on any atom is -0.348 e. The smallest absolute Gasteiger partial charge is 0.254 e. The lowest BCUT2D eigenvalue weighted by molar-refractivity contribution is 0.0947. The zero-order valence-corrected chi connectivity index (χ0v) is 16.0. The molecule has 0 unspecified atom stereocenters. The predicted molar refractivity (Wildman–Crippen MR) is 107 cm³/mol. The van der Waals surface area contributed by atoms with Gasteiger partial charge in [-0.2, -0.15) is 0 Å². The molecule has 0 aliphatic rings. The van der Waals surface area contributed by atoms with Gasteiger partial charge in [-0.05, 0) is 66.1 Å². The summed E-state index contributed by atoms with van der Waals surface area (Å²) in [6.07, 6.45) is 3.40. The Kier molecular flexibility index (Phi) is 7.14. The number of halogens is 2. The van der Waals surface area contributed by atoms with Crippen molar-refractivity contribution in [2.75, 3.05) is 5.75 Å². The fourth-order valence-corrected chi connectivity index (χ4v) is 3.59. The molecule has 0 radical (unpaired) electrons. The van der Waals surface area contributed by atoms with Crippen LogP contribution in [0.1, 0.15) is 27.9 Å². The minimum absolute atomic E-state index is 0.210. The molecule has 3 nitrogen and oxygen atoms in total. The molecule has 0 saturated carbocycles. The average Bonchev–Trinajstić information content (AvgIpc) is 2.72. The molecule has 0 atom stereocenters. The van der Waals surface area contributed by atoms with E-state index in [1.807, 2.05) is 0 Å². The number of amides is 1. The highest BCUT2D eigenvalue weighted by atomic mass is 32.2. The molecule has 0 aliphatic carbocycles. The molecule has 1 heterocycles. The highest BCUT2D eigenvalue weighted by Crippen LogP contribution is 2.21. The van der Waals surface area contributed by atoms with Crippen LogP contribution in [0.25, 0.3) is 0 Å². The SMILES string of the molecule is O=C(NCc1ccc(F)cc1)c1cccnc1SCCCc1ccc(F)cc1. The van der Waals surface area contributed by atoms with Gasteiger partial charge in [0.25, 0.3) is 5.91 Å². The largest absolute Gasteiger partial charge is 0.348 e. The fraction of sp³-hybridized carbons (Fsp3) is 0.182. The number of pyridine rings is 1. The molecule has 2 aromatic carbocycles. The number of thioether (sulfide) groups is 1. The van der Waals surface area contributed by atoms with E-state index in [1.165, 1.54) is 36.0 Å². The number of aromatic nitrogens is 1. The second-order valence-electron chi connectivity index (χ2n) is 6.24. The maximum Gasteiger partial charge on any atom is 0.254 e. The summed E-state index contributed by atoms with van der Waals surface area (Å²) in [5, 5.41) is 3.53. The van der Waals surface area contributed by atoms with Crippen LogP contribution in [0.4, 0.5) is 8.78 Å². The summed E-state index contributed by atoms with van der Waals surface area (Å²) < 4.78 is 25.9. The molecular weight excluding hydrogens is 378 g/mol. The van der Waals surface area contributed by atoms with Gasteiger partial charge in [-0.1, -0.05) is 24.3 Å².